The highest BCUT2D eigenvalue weighted by atomic mass is 15.2. The Bertz CT molecular complexity index is 589. The van der Waals surface area contributed by atoms with Gasteiger partial charge >= 0.3 is 0 Å². The van der Waals surface area contributed by atoms with Gasteiger partial charge in [0.25, 0.3) is 0 Å². The highest BCUT2D eigenvalue weighted by Gasteiger charge is 2.25. The fourth-order valence-electron chi connectivity index (χ4n) is 3.16. The van der Waals surface area contributed by atoms with E-state index in [4.69, 9.17) is 10.7 Å². The lowest BCUT2D eigenvalue weighted by Crippen LogP contribution is -2.43. The van der Waals surface area contributed by atoms with Gasteiger partial charge in [-0.1, -0.05) is 6.07 Å². The van der Waals surface area contributed by atoms with Gasteiger partial charge in [0.15, 0.2) is 0 Å². The molecular weight excluding hydrogens is 248 g/mol. The summed E-state index contributed by atoms with van der Waals surface area (Å²) in [6.07, 6.45) is 6.73. The van der Waals surface area contributed by atoms with Crippen molar-refractivity contribution in [3.8, 4) is 0 Å². The zero-order valence-electron chi connectivity index (χ0n) is 12.4. The van der Waals surface area contributed by atoms with Gasteiger partial charge in [0, 0.05) is 31.5 Å². The number of aromatic nitrogens is 2. The van der Waals surface area contributed by atoms with Crippen molar-refractivity contribution in [2.75, 3.05) is 13.1 Å². The molecule has 2 atom stereocenters. The summed E-state index contributed by atoms with van der Waals surface area (Å²) in [6.45, 7) is 7.25. The van der Waals surface area contributed by atoms with Crippen LogP contribution in [0.25, 0.3) is 5.65 Å². The molecule has 4 nitrogen and oxygen atoms in total. The van der Waals surface area contributed by atoms with Gasteiger partial charge in [-0.15, -0.1) is 0 Å². The zero-order valence-corrected chi connectivity index (χ0v) is 12.4. The Morgan fingerprint density at radius 1 is 1.40 bits per heavy atom. The molecule has 0 spiro atoms. The average Bonchev–Trinajstić information content (AvgIpc) is 2.85. The number of imidazole rings is 1. The summed E-state index contributed by atoms with van der Waals surface area (Å²) in [4.78, 5) is 7.31. The molecule has 108 valence electrons. The molecule has 0 aromatic carbocycles. The normalized spacial score (nSPS) is 24.4. The lowest BCUT2D eigenvalue weighted by atomic mass is 9.93. The number of piperidine rings is 1. The first kappa shape index (κ1) is 13.6. The summed E-state index contributed by atoms with van der Waals surface area (Å²) in [7, 11) is 0. The van der Waals surface area contributed by atoms with E-state index in [1.807, 2.05) is 0 Å². The molecule has 0 aliphatic carbocycles. The maximum Gasteiger partial charge on any atom is 0.139 e. The van der Waals surface area contributed by atoms with Gasteiger partial charge in [-0.25, -0.2) is 4.98 Å². The van der Waals surface area contributed by atoms with Gasteiger partial charge in [-0.3, -0.25) is 4.90 Å². The maximum absolute atomic E-state index is 5.84. The fraction of sp³-hybridized carbons (Fsp3) is 0.562. The Hall–Kier alpha value is -1.39. The maximum atomic E-state index is 5.84. The number of nitrogens with two attached hydrogens (primary N) is 1. The lowest BCUT2D eigenvalue weighted by Gasteiger charge is -2.37. The van der Waals surface area contributed by atoms with Crippen LogP contribution < -0.4 is 5.73 Å². The summed E-state index contributed by atoms with van der Waals surface area (Å²) < 4.78 is 2.12. The predicted molar refractivity (Wildman–Crippen MR) is 81.6 cm³/mol. The Morgan fingerprint density at radius 3 is 3.00 bits per heavy atom. The Balaban J connectivity index is 1.79. The highest BCUT2D eigenvalue weighted by molar-refractivity contribution is 5.47. The minimum absolute atomic E-state index is 0.628. The van der Waals surface area contributed by atoms with Crippen molar-refractivity contribution in [3.05, 3.63) is 35.8 Å². The quantitative estimate of drug-likeness (QED) is 0.932. The van der Waals surface area contributed by atoms with E-state index in [-0.39, 0.29) is 0 Å². The fourth-order valence-corrected chi connectivity index (χ4v) is 3.16. The van der Waals surface area contributed by atoms with Gasteiger partial charge in [0.05, 0.1) is 5.69 Å². The summed E-state index contributed by atoms with van der Waals surface area (Å²) in [5, 5.41) is 0. The first-order valence-electron chi connectivity index (χ1n) is 7.54. The van der Waals surface area contributed by atoms with Crippen LogP contribution >= 0.6 is 0 Å². The third-order valence-electron chi connectivity index (χ3n) is 4.53. The van der Waals surface area contributed by atoms with Gasteiger partial charge in [-0.05, 0) is 50.8 Å². The van der Waals surface area contributed by atoms with Crippen LogP contribution in [0.5, 0.6) is 0 Å². The number of hydrogen-bond donors (Lipinski definition) is 1. The molecule has 2 aromatic heterocycles. The first-order chi connectivity index (χ1) is 9.67. The second-order valence-corrected chi connectivity index (χ2v) is 6.11. The number of fused-ring (bicyclic) bond motifs is 1. The average molecular weight is 272 g/mol. The molecule has 2 unspecified atom stereocenters. The third kappa shape index (κ3) is 2.58. The van der Waals surface area contributed by atoms with Crippen LogP contribution in [-0.2, 0) is 6.54 Å². The molecule has 1 saturated heterocycles. The minimum Gasteiger partial charge on any atom is -0.330 e. The van der Waals surface area contributed by atoms with Gasteiger partial charge < -0.3 is 10.1 Å². The van der Waals surface area contributed by atoms with Crippen LogP contribution in [-0.4, -0.2) is 33.4 Å². The van der Waals surface area contributed by atoms with Crippen molar-refractivity contribution in [1.82, 2.24) is 14.3 Å². The van der Waals surface area contributed by atoms with Crippen LogP contribution in [0.1, 0.15) is 31.0 Å². The van der Waals surface area contributed by atoms with E-state index in [9.17, 15) is 0 Å². The van der Waals surface area contributed by atoms with Crippen LogP contribution in [0.15, 0.2) is 24.5 Å². The molecule has 2 aromatic rings. The Morgan fingerprint density at radius 2 is 2.25 bits per heavy atom. The standard InChI is InChI=1S/C16H24N4/c1-12-4-3-7-19-10-15(18-16(12)19)11-20-9-14(8-17)6-5-13(20)2/h3-4,7,10,13-14H,5-6,8-9,11,17H2,1-2H3. The van der Waals surface area contributed by atoms with Crippen LogP contribution in [0.4, 0.5) is 0 Å². The molecule has 0 saturated carbocycles. The molecule has 0 amide bonds. The van der Waals surface area contributed by atoms with Gasteiger partial charge in [0.2, 0.25) is 0 Å². The van der Waals surface area contributed by atoms with Crippen LogP contribution in [0, 0.1) is 12.8 Å². The van der Waals surface area contributed by atoms with E-state index < -0.39 is 0 Å². The smallest absolute Gasteiger partial charge is 0.139 e. The molecule has 0 bridgehead atoms. The van der Waals surface area contributed by atoms with E-state index >= 15 is 0 Å². The van der Waals surface area contributed by atoms with Crippen molar-refractivity contribution >= 4 is 5.65 Å². The Labute approximate surface area is 120 Å². The van der Waals surface area contributed by atoms with E-state index in [1.54, 1.807) is 0 Å². The van der Waals surface area contributed by atoms with Crippen molar-refractivity contribution in [2.45, 2.75) is 39.3 Å². The van der Waals surface area contributed by atoms with Crippen molar-refractivity contribution < 1.29 is 0 Å². The first-order valence-corrected chi connectivity index (χ1v) is 7.54. The molecule has 20 heavy (non-hydrogen) atoms. The number of pyridine rings is 1. The van der Waals surface area contributed by atoms with E-state index in [0.717, 1.165) is 31.0 Å². The Kier molecular flexibility index (Phi) is 3.76. The predicted octanol–water partition coefficient (Wildman–Crippen LogP) is 2.20. The van der Waals surface area contributed by atoms with Gasteiger partial charge in [0.1, 0.15) is 5.65 Å². The zero-order chi connectivity index (χ0) is 14.1. The molecule has 0 radical (unpaired) electrons. The van der Waals surface area contributed by atoms with Gasteiger partial charge in [-0.2, -0.15) is 0 Å². The second-order valence-electron chi connectivity index (χ2n) is 6.11. The van der Waals surface area contributed by atoms with E-state index in [0.29, 0.717) is 12.0 Å². The summed E-state index contributed by atoms with van der Waals surface area (Å²) in [6, 6.07) is 4.81. The largest absolute Gasteiger partial charge is 0.330 e. The molecule has 1 fully saturated rings. The third-order valence-corrected chi connectivity index (χ3v) is 4.53. The number of aryl methyl sites for hydroxylation is 1. The summed E-state index contributed by atoms with van der Waals surface area (Å²) >= 11 is 0. The molecule has 1 aliphatic rings. The number of likely N-dealkylation sites (tertiary alicyclic amines) is 1. The number of nitrogens with zero attached hydrogens (tertiary/aromatic N) is 3. The number of rotatable bonds is 3. The lowest BCUT2D eigenvalue weighted by molar-refractivity contribution is 0.112. The molecule has 1 aliphatic heterocycles. The highest BCUT2D eigenvalue weighted by Crippen LogP contribution is 2.23. The van der Waals surface area contributed by atoms with Crippen molar-refractivity contribution in [1.29, 1.82) is 0 Å². The SMILES string of the molecule is Cc1cccn2cc(CN3CC(CN)CCC3C)nc12. The second kappa shape index (κ2) is 5.54. The van der Waals surface area contributed by atoms with Crippen molar-refractivity contribution in [2.24, 2.45) is 11.7 Å². The summed E-state index contributed by atoms with van der Waals surface area (Å²) in [5.74, 6) is 0.643. The van der Waals surface area contributed by atoms with Crippen LogP contribution in [0.2, 0.25) is 0 Å². The summed E-state index contributed by atoms with van der Waals surface area (Å²) in [5.41, 5.74) is 9.29. The molecular formula is C16H24N4. The molecule has 4 heteroatoms. The number of hydrogen-bond acceptors (Lipinski definition) is 3. The molecule has 3 heterocycles. The van der Waals surface area contributed by atoms with E-state index in [2.05, 4.69) is 47.7 Å². The molecule has 3 rings (SSSR count). The topological polar surface area (TPSA) is 46.6 Å². The monoisotopic (exact) mass is 272 g/mol. The van der Waals surface area contributed by atoms with E-state index in [1.165, 1.54) is 18.4 Å². The molecule has 2 N–H and O–H groups in total. The minimum atomic E-state index is 0.628. The van der Waals surface area contributed by atoms with Crippen molar-refractivity contribution in [3.63, 3.8) is 0 Å². The van der Waals surface area contributed by atoms with Crippen LogP contribution in [0.3, 0.4) is 0 Å².